The van der Waals surface area contributed by atoms with Gasteiger partial charge in [0.15, 0.2) is 5.96 Å². The Kier molecular flexibility index (Phi) is 8.53. The fourth-order valence-electron chi connectivity index (χ4n) is 3.94. The molecule has 2 aliphatic rings. The molecule has 3 rings (SSSR count). The molecule has 0 radical (unpaired) electrons. The predicted octanol–water partition coefficient (Wildman–Crippen LogP) is 3.31. The Labute approximate surface area is 171 Å². The Hall–Kier alpha value is -0.960. The van der Waals surface area contributed by atoms with E-state index in [4.69, 9.17) is 0 Å². The monoisotopic (exact) mass is 478 g/mol. The quantitative estimate of drug-likeness (QED) is 0.388. The molecule has 1 aliphatic heterocycles. The van der Waals surface area contributed by atoms with E-state index in [1.165, 1.54) is 37.8 Å². The number of nitrogens with zero attached hydrogens (tertiary/aromatic N) is 2. The van der Waals surface area contributed by atoms with Crippen LogP contribution in [0.2, 0.25) is 0 Å². The molecule has 1 atom stereocenters. The molecule has 0 bridgehead atoms. The van der Waals surface area contributed by atoms with Crippen LogP contribution in [0, 0.1) is 11.6 Å². The van der Waals surface area contributed by atoms with Crippen LogP contribution >= 0.6 is 24.0 Å². The zero-order valence-corrected chi connectivity index (χ0v) is 17.6. The minimum Gasteiger partial charge on any atom is -0.356 e. The zero-order valence-electron chi connectivity index (χ0n) is 15.3. The van der Waals surface area contributed by atoms with Crippen molar-refractivity contribution < 1.29 is 8.78 Å². The zero-order chi connectivity index (χ0) is 17.6. The van der Waals surface area contributed by atoms with Gasteiger partial charge in [-0.25, -0.2) is 8.78 Å². The molecular weight excluding hydrogens is 449 g/mol. The fraction of sp³-hybridized carbons (Fsp3) is 0.632. The fourth-order valence-corrected chi connectivity index (χ4v) is 3.94. The van der Waals surface area contributed by atoms with E-state index >= 15 is 0 Å². The van der Waals surface area contributed by atoms with E-state index in [9.17, 15) is 8.78 Å². The minimum atomic E-state index is -0.406. The van der Waals surface area contributed by atoms with E-state index in [1.807, 2.05) is 0 Å². The largest absolute Gasteiger partial charge is 0.356 e. The Morgan fingerprint density at radius 1 is 1.23 bits per heavy atom. The number of aliphatic imine (C=N–C) groups is 1. The summed E-state index contributed by atoms with van der Waals surface area (Å²) < 4.78 is 26.9. The highest BCUT2D eigenvalue weighted by Crippen LogP contribution is 2.26. The van der Waals surface area contributed by atoms with Gasteiger partial charge in [0.05, 0.1) is 0 Å². The van der Waals surface area contributed by atoms with E-state index in [1.54, 1.807) is 7.05 Å². The third kappa shape index (κ3) is 5.77. The average molecular weight is 478 g/mol. The lowest BCUT2D eigenvalue weighted by atomic mass is 10.1. The number of halogens is 3. The second-order valence-corrected chi connectivity index (χ2v) is 7.05. The van der Waals surface area contributed by atoms with Gasteiger partial charge in [0.25, 0.3) is 0 Å². The normalized spacial score (nSPS) is 21.7. The van der Waals surface area contributed by atoms with Crippen molar-refractivity contribution in [2.45, 2.75) is 50.6 Å². The molecule has 2 N–H and O–H groups in total. The molecule has 7 heteroatoms. The standard InChI is InChI=1S/C19H28F2N4.HI/c1-22-19(23-10-8-14-12-15(20)6-7-18(14)21)24-16-9-11-25(13-16)17-4-2-3-5-17;/h6-7,12,16-17H,2-5,8-11,13H2,1H3,(H2,22,23,24);1H. The van der Waals surface area contributed by atoms with Gasteiger partial charge in [-0.05, 0) is 49.4 Å². The highest BCUT2D eigenvalue weighted by Gasteiger charge is 2.30. The summed E-state index contributed by atoms with van der Waals surface area (Å²) in [6.45, 7) is 2.72. The average Bonchev–Trinajstić information content (AvgIpc) is 3.28. The first-order valence-electron chi connectivity index (χ1n) is 9.31. The first kappa shape index (κ1) is 21.3. The third-order valence-corrected chi connectivity index (χ3v) is 5.32. The summed E-state index contributed by atoms with van der Waals surface area (Å²) >= 11 is 0. The van der Waals surface area contributed by atoms with Crippen molar-refractivity contribution in [1.82, 2.24) is 15.5 Å². The van der Waals surface area contributed by atoms with Crippen LogP contribution in [0.25, 0.3) is 0 Å². The molecule has 146 valence electrons. The Bertz CT molecular complexity index is 605. The summed E-state index contributed by atoms with van der Waals surface area (Å²) in [7, 11) is 1.74. The minimum absolute atomic E-state index is 0. The maximum atomic E-state index is 13.6. The third-order valence-electron chi connectivity index (χ3n) is 5.32. The van der Waals surface area contributed by atoms with Crippen LogP contribution in [-0.4, -0.2) is 49.6 Å². The molecule has 2 fully saturated rings. The molecule has 1 saturated carbocycles. The number of guanidine groups is 1. The number of hydrogen-bond acceptors (Lipinski definition) is 2. The van der Waals surface area contributed by atoms with Gasteiger partial charge in [0.2, 0.25) is 0 Å². The van der Waals surface area contributed by atoms with Gasteiger partial charge in [-0.2, -0.15) is 0 Å². The molecule has 26 heavy (non-hydrogen) atoms. The van der Waals surface area contributed by atoms with E-state index in [2.05, 4.69) is 20.5 Å². The molecule has 0 aromatic heterocycles. The van der Waals surface area contributed by atoms with Gasteiger partial charge in [-0.15, -0.1) is 24.0 Å². The number of benzene rings is 1. The second kappa shape index (κ2) is 10.4. The van der Waals surface area contributed by atoms with Crippen molar-refractivity contribution in [3.05, 3.63) is 35.4 Å². The second-order valence-electron chi connectivity index (χ2n) is 7.05. The lowest BCUT2D eigenvalue weighted by Gasteiger charge is -2.24. The SMILES string of the molecule is CN=C(NCCc1cc(F)ccc1F)NC1CCN(C2CCCC2)C1.I. The first-order valence-corrected chi connectivity index (χ1v) is 9.31. The maximum absolute atomic E-state index is 13.6. The van der Waals surface area contributed by atoms with Crippen molar-refractivity contribution in [2.24, 2.45) is 4.99 Å². The molecule has 0 spiro atoms. The number of nitrogens with one attached hydrogen (secondary N) is 2. The highest BCUT2D eigenvalue weighted by molar-refractivity contribution is 14.0. The van der Waals surface area contributed by atoms with Crippen LogP contribution in [0.15, 0.2) is 23.2 Å². The summed E-state index contributed by atoms with van der Waals surface area (Å²) in [5.74, 6) is -0.0407. The van der Waals surface area contributed by atoms with Crippen molar-refractivity contribution in [3.8, 4) is 0 Å². The maximum Gasteiger partial charge on any atom is 0.191 e. The van der Waals surface area contributed by atoms with Crippen LogP contribution < -0.4 is 10.6 Å². The summed E-state index contributed by atoms with van der Waals surface area (Å²) in [6, 6.07) is 4.73. The summed E-state index contributed by atoms with van der Waals surface area (Å²) in [6.07, 6.45) is 6.93. The van der Waals surface area contributed by atoms with Gasteiger partial charge in [-0.3, -0.25) is 9.89 Å². The smallest absolute Gasteiger partial charge is 0.191 e. The Morgan fingerprint density at radius 3 is 2.73 bits per heavy atom. The molecule has 1 aromatic rings. The summed E-state index contributed by atoms with van der Waals surface area (Å²) in [5.41, 5.74) is 0.385. The molecule has 1 aliphatic carbocycles. The van der Waals surface area contributed by atoms with Crippen LogP contribution in [-0.2, 0) is 6.42 Å². The van der Waals surface area contributed by atoms with Crippen molar-refractivity contribution in [3.63, 3.8) is 0 Å². The summed E-state index contributed by atoms with van der Waals surface area (Å²) in [4.78, 5) is 6.85. The molecular formula is C19H29F2IN4. The van der Waals surface area contributed by atoms with Gasteiger partial charge in [0, 0.05) is 38.8 Å². The van der Waals surface area contributed by atoms with Crippen LogP contribution in [0.3, 0.4) is 0 Å². The first-order chi connectivity index (χ1) is 12.2. The summed E-state index contributed by atoms with van der Waals surface area (Å²) in [5, 5.41) is 6.67. The van der Waals surface area contributed by atoms with E-state index in [0.717, 1.165) is 37.6 Å². The van der Waals surface area contributed by atoms with Crippen LogP contribution in [0.5, 0.6) is 0 Å². The topological polar surface area (TPSA) is 39.7 Å². The van der Waals surface area contributed by atoms with E-state index in [0.29, 0.717) is 24.6 Å². The molecule has 1 saturated heterocycles. The number of rotatable bonds is 5. The Balaban J connectivity index is 0.00000243. The molecule has 0 amide bonds. The van der Waals surface area contributed by atoms with Gasteiger partial charge < -0.3 is 10.6 Å². The van der Waals surface area contributed by atoms with Crippen molar-refractivity contribution in [1.29, 1.82) is 0 Å². The highest BCUT2D eigenvalue weighted by atomic mass is 127. The van der Waals surface area contributed by atoms with E-state index in [-0.39, 0.29) is 29.8 Å². The molecule has 1 unspecified atom stereocenters. The van der Waals surface area contributed by atoms with Crippen LogP contribution in [0.1, 0.15) is 37.7 Å². The van der Waals surface area contributed by atoms with E-state index < -0.39 is 5.82 Å². The van der Waals surface area contributed by atoms with Crippen molar-refractivity contribution in [2.75, 3.05) is 26.7 Å². The van der Waals surface area contributed by atoms with Crippen molar-refractivity contribution >= 4 is 29.9 Å². The van der Waals surface area contributed by atoms with Gasteiger partial charge in [-0.1, -0.05) is 12.8 Å². The van der Waals surface area contributed by atoms with Crippen LogP contribution in [0.4, 0.5) is 8.78 Å². The molecule has 1 heterocycles. The number of hydrogen-bond donors (Lipinski definition) is 2. The van der Waals surface area contributed by atoms with Gasteiger partial charge in [0.1, 0.15) is 11.6 Å². The molecule has 1 aromatic carbocycles. The predicted molar refractivity (Wildman–Crippen MR) is 112 cm³/mol. The lowest BCUT2D eigenvalue weighted by molar-refractivity contribution is 0.242. The number of likely N-dealkylation sites (tertiary alicyclic amines) is 1. The Morgan fingerprint density at radius 2 is 2.00 bits per heavy atom. The van der Waals surface area contributed by atoms with Gasteiger partial charge >= 0.3 is 0 Å². The lowest BCUT2D eigenvalue weighted by Crippen LogP contribution is -2.45. The molecule has 4 nitrogen and oxygen atoms in total.